The molecule has 7 rings (SSSR count). The van der Waals surface area contributed by atoms with Crippen LogP contribution in [0.25, 0.3) is 0 Å². The van der Waals surface area contributed by atoms with Crippen molar-refractivity contribution in [3.63, 3.8) is 0 Å². The zero-order valence-corrected chi connectivity index (χ0v) is 52.0. The Morgan fingerprint density at radius 2 is 0.907 bits per heavy atom. The van der Waals surface area contributed by atoms with E-state index in [9.17, 15) is 9.18 Å². The summed E-state index contributed by atoms with van der Waals surface area (Å²) in [6, 6.07) is 57.6. The van der Waals surface area contributed by atoms with Crippen LogP contribution in [-0.2, 0) is 77.4 Å². The maximum Gasteiger partial charge on any atom is 0.220 e. The van der Waals surface area contributed by atoms with Crippen molar-refractivity contribution < 1.29 is 42.3 Å². The van der Waals surface area contributed by atoms with Gasteiger partial charge in [0.15, 0.2) is 0 Å². The molecule has 0 saturated heterocycles. The topological polar surface area (TPSA) is 93.7 Å². The molecule has 8 atom stereocenters. The summed E-state index contributed by atoms with van der Waals surface area (Å²) in [6.45, 7) is 7.23. The quantitative estimate of drug-likeness (QED) is 0.0378. The molecular formula is C76H102FNO8. The van der Waals surface area contributed by atoms with E-state index in [0.717, 1.165) is 91.2 Å². The number of benzene rings is 6. The molecule has 0 unspecified atom stereocenters. The van der Waals surface area contributed by atoms with Crippen LogP contribution in [-0.4, -0.2) is 68.4 Å². The van der Waals surface area contributed by atoms with Gasteiger partial charge >= 0.3 is 0 Å². The highest BCUT2D eigenvalue weighted by Gasteiger charge is 2.48. The van der Waals surface area contributed by atoms with Crippen LogP contribution in [0, 0.1) is 11.7 Å². The Labute approximate surface area is 516 Å². The van der Waals surface area contributed by atoms with Crippen LogP contribution >= 0.6 is 0 Å². The lowest BCUT2D eigenvalue weighted by Crippen LogP contribution is -2.59. The summed E-state index contributed by atoms with van der Waals surface area (Å²) in [6.07, 6.45) is 19.4. The normalized spacial score (nSPS) is 17.9. The van der Waals surface area contributed by atoms with Gasteiger partial charge in [-0.1, -0.05) is 267 Å². The molecule has 10 heteroatoms. The zero-order chi connectivity index (χ0) is 59.9. The molecule has 1 aliphatic carbocycles. The Hall–Kier alpha value is -5.56. The molecule has 1 N–H and O–H groups in total. The predicted octanol–water partition coefficient (Wildman–Crippen LogP) is 17.7. The van der Waals surface area contributed by atoms with E-state index in [1.54, 1.807) is 0 Å². The van der Waals surface area contributed by atoms with Crippen molar-refractivity contribution in [2.24, 2.45) is 5.92 Å². The second-order valence-corrected chi connectivity index (χ2v) is 23.7. The first-order chi connectivity index (χ1) is 42.4. The lowest BCUT2D eigenvalue weighted by atomic mass is 9.80. The molecule has 466 valence electrons. The van der Waals surface area contributed by atoms with Crippen molar-refractivity contribution in [2.45, 2.75) is 224 Å². The molecule has 0 heterocycles. The van der Waals surface area contributed by atoms with E-state index >= 15 is 0 Å². The van der Waals surface area contributed by atoms with E-state index in [1.807, 2.05) is 97.9 Å². The number of carbonyl (C=O) groups is 1. The number of carbonyl (C=O) groups excluding carboxylic acids is 1. The van der Waals surface area contributed by atoms with Crippen LogP contribution in [0.15, 0.2) is 176 Å². The predicted molar refractivity (Wildman–Crippen MR) is 345 cm³/mol. The van der Waals surface area contributed by atoms with Gasteiger partial charge in [0.1, 0.15) is 24.1 Å². The Kier molecular flexibility index (Phi) is 32.8. The van der Waals surface area contributed by atoms with Crippen molar-refractivity contribution in [1.82, 2.24) is 5.32 Å². The molecule has 9 nitrogen and oxygen atoms in total. The highest BCUT2D eigenvalue weighted by atomic mass is 19.1. The highest BCUT2D eigenvalue weighted by molar-refractivity contribution is 5.76. The van der Waals surface area contributed by atoms with E-state index in [-0.39, 0.29) is 30.4 Å². The van der Waals surface area contributed by atoms with Crippen molar-refractivity contribution in [3.05, 3.63) is 215 Å². The molecule has 0 radical (unpaired) electrons. The first kappa shape index (κ1) is 67.9. The van der Waals surface area contributed by atoms with Gasteiger partial charge in [-0.25, -0.2) is 4.39 Å². The van der Waals surface area contributed by atoms with Crippen molar-refractivity contribution in [1.29, 1.82) is 0 Å². The maximum absolute atomic E-state index is 14.7. The Morgan fingerprint density at radius 3 is 1.42 bits per heavy atom. The van der Waals surface area contributed by atoms with Gasteiger partial charge in [-0.15, -0.1) is 0 Å². The minimum absolute atomic E-state index is 0.0430. The number of aryl methyl sites for hydroxylation is 1. The van der Waals surface area contributed by atoms with Gasteiger partial charge in [0, 0.05) is 18.9 Å². The summed E-state index contributed by atoms with van der Waals surface area (Å²) in [5, 5.41) is 3.55. The third-order valence-electron chi connectivity index (χ3n) is 16.7. The van der Waals surface area contributed by atoms with Crippen LogP contribution in [0.4, 0.5) is 4.39 Å². The van der Waals surface area contributed by atoms with Crippen LogP contribution in [0.1, 0.15) is 176 Å². The third-order valence-corrected chi connectivity index (χ3v) is 16.7. The van der Waals surface area contributed by atoms with E-state index in [1.165, 1.54) is 76.3 Å². The number of halogens is 1. The number of hydrogen-bond acceptors (Lipinski definition) is 8. The number of rotatable bonds is 45. The number of nitrogens with one attached hydrogen (secondary N) is 1. The minimum atomic E-state index is -0.601. The molecule has 0 spiro atoms. The average Bonchev–Trinajstić information content (AvgIpc) is 1.65. The van der Waals surface area contributed by atoms with E-state index in [0.29, 0.717) is 59.1 Å². The molecule has 6 aromatic carbocycles. The number of hydrogen-bond donors (Lipinski definition) is 1. The van der Waals surface area contributed by atoms with Crippen LogP contribution < -0.4 is 5.32 Å². The standard InChI is InChI=1S/C76H102FNO8/c1-3-5-6-7-8-9-10-11-12-13-16-34-47-70(81-54-62-37-24-18-25-38-62)74(84-56-64-41-28-20-29-42-64)69(78-72(79)48-35-17-14-15-23-36-61-49-51-68(77)52-50-61)60-82-71-53-67(59-80-4-2)73(83-55-63-39-26-19-27-40-63)76(86-58-66-45-32-22-33-46-66)75(71)85-57-65-43-30-21-31-44-65/h18-22,24-33,37-46,49-52,67,69-71,73-76H,3-17,23,34-36,47-48,53-60H2,1-2H3,(H,78,79)/t67-,69+,70-,71+,73+,74+,75+,76+/m1/s1. The van der Waals surface area contributed by atoms with Gasteiger partial charge in [-0.05, 0) is 84.5 Å². The molecule has 0 aliphatic heterocycles. The van der Waals surface area contributed by atoms with Crippen LogP contribution in [0.3, 0.4) is 0 Å². The summed E-state index contributed by atoms with van der Waals surface area (Å²) < 4.78 is 63.0. The summed E-state index contributed by atoms with van der Waals surface area (Å²) in [7, 11) is 0. The number of ether oxygens (including phenoxy) is 7. The molecule has 0 bridgehead atoms. The van der Waals surface area contributed by atoms with Gasteiger partial charge in [0.2, 0.25) is 5.91 Å². The Balaban J connectivity index is 1.17. The second-order valence-electron chi connectivity index (χ2n) is 23.7. The van der Waals surface area contributed by atoms with Gasteiger partial charge in [0.25, 0.3) is 0 Å². The SMILES string of the molecule is CCCCCCCCCCCCCC[C@@H](OCc1ccccc1)[C@@H](OCc1ccccc1)[C@H](CO[C@H]1C[C@H](COCC)[C@H](OCc2ccccc2)[C@H](OCc2ccccc2)[C@H]1OCc1ccccc1)NC(=O)CCCCCCCc1ccc(F)cc1. The van der Waals surface area contributed by atoms with Crippen molar-refractivity contribution in [3.8, 4) is 0 Å². The average molecular weight is 1180 g/mol. The zero-order valence-electron chi connectivity index (χ0n) is 52.0. The van der Waals surface area contributed by atoms with E-state index in [4.69, 9.17) is 33.2 Å². The molecule has 1 aliphatic rings. The first-order valence-corrected chi connectivity index (χ1v) is 33.0. The lowest BCUT2D eigenvalue weighted by Gasteiger charge is -2.46. The maximum atomic E-state index is 14.7. The summed E-state index contributed by atoms with van der Waals surface area (Å²) in [5.74, 6) is -0.376. The fraction of sp³-hybridized carbons (Fsp3) is 0.513. The summed E-state index contributed by atoms with van der Waals surface area (Å²) in [5.41, 5.74) is 6.41. The first-order valence-electron chi connectivity index (χ1n) is 33.0. The largest absolute Gasteiger partial charge is 0.381 e. The van der Waals surface area contributed by atoms with Crippen LogP contribution in [0.2, 0.25) is 0 Å². The fourth-order valence-corrected chi connectivity index (χ4v) is 11.8. The van der Waals surface area contributed by atoms with E-state index < -0.39 is 36.6 Å². The number of unbranched alkanes of at least 4 members (excludes halogenated alkanes) is 15. The second kappa shape index (κ2) is 41.6. The fourth-order valence-electron chi connectivity index (χ4n) is 11.8. The smallest absolute Gasteiger partial charge is 0.220 e. The van der Waals surface area contributed by atoms with Gasteiger partial charge in [-0.2, -0.15) is 0 Å². The van der Waals surface area contributed by atoms with E-state index in [2.05, 4.69) is 85.0 Å². The lowest BCUT2D eigenvalue weighted by molar-refractivity contribution is -0.235. The highest BCUT2D eigenvalue weighted by Crippen LogP contribution is 2.36. The minimum Gasteiger partial charge on any atom is -0.381 e. The molecule has 1 amide bonds. The van der Waals surface area contributed by atoms with Gasteiger partial charge in [0.05, 0.1) is 70.6 Å². The van der Waals surface area contributed by atoms with Gasteiger partial charge in [-0.3, -0.25) is 4.79 Å². The summed E-state index contributed by atoms with van der Waals surface area (Å²) in [4.78, 5) is 14.7. The molecule has 0 aromatic heterocycles. The molecular weight excluding hydrogens is 1070 g/mol. The molecule has 86 heavy (non-hydrogen) atoms. The van der Waals surface area contributed by atoms with Crippen molar-refractivity contribution in [2.75, 3.05) is 19.8 Å². The van der Waals surface area contributed by atoms with Gasteiger partial charge < -0.3 is 38.5 Å². The summed E-state index contributed by atoms with van der Waals surface area (Å²) >= 11 is 0. The monoisotopic (exact) mass is 1180 g/mol. The molecule has 1 saturated carbocycles. The molecule has 1 fully saturated rings. The third kappa shape index (κ3) is 26.0. The number of amides is 1. The van der Waals surface area contributed by atoms with Crippen molar-refractivity contribution >= 4 is 5.91 Å². The molecule has 6 aromatic rings. The van der Waals surface area contributed by atoms with Crippen LogP contribution in [0.5, 0.6) is 0 Å². The Morgan fingerprint density at radius 1 is 0.465 bits per heavy atom. The Bertz CT molecular complexity index is 2620.